The van der Waals surface area contributed by atoms with E-state index < -0.39 is 0 Å². The lowest BCUT2D eigenvalue weighted by Gasteiger charge is -2.24. The molecule has 5 nitrogen and oxygen atoms in total. The van der Waals surface area contributed by atoms with E-state index in [0.29, 0.717) is 13.2 Å². The highest BCUT2D eigenvalue weighted by Crippen LogP contribution is 2.33. The van der Waals surface area contributed by atoms with Gasteiger partial charge in [-0.2, -0.15) is 0 Å². The Kier molecular flexibility index (Phi) is 5.07. The van der Waals surface area contributed by atoms with E-state index >= 15 is 0 Å². The van der Waals surface area contributed by atoms with Crippen LogP contribution in [0.25, 0.3) is 0 Å². The fourth-order valence-electron chi connectivity index (χ4n) is 2.68. The molecule has 0 saturated heterocycles. The Hall–Kier alpha value is -1.75. The number of carbonyl (C=O) groups is 1. The van der Waals surface area contributed by atoms with Gasteiger partial charge < -0.3 is 20.2 Å². The average molecular weight is 291 g/mol. The Morgan fingerprint density at radius 3 is 2.67 bits per heavy atom. The summed E-state index contributed by atoms with van der Waals surface area (Å²) in [5.41, 5.74) is 2.23. The number of amides is 1. The van der Waals surface area contributed by atoms with Crippen LogP contribution in [0.2, 0.25) is 0 Å². The molecule has 116 valence electrons. The van der Waals surface area contributed by atoms with Gasteiger partial charge in [-0.3, -0.25) is 4.79 Å². The van der Waals surface area contributed by atoms with E-state index in [1.807, 2.05) is 32.2 Å². The van der Waals surface area contributed by atoms with Crippen LogP contribution in [0.15, 0.2) is 24.3 Å². The van der Waals surface area contributed by atoms with Crippen LogP contribution < -0.4 is 15.1 Å². The number of hydrogen-bond acceptors (Lipinski definition) is 4. The number of para-hydroxylation sites is 2. The number of rotatable bonds is 6. The highest BCUT2D eigenvalue weighted by molar-refractivity contribution is 5.85. The van der Waals surface area contributed by atoms with Gasteiger partial charge in [-0.05, 0) is 18.1 Å². The van der Waals surface area contributed by atoms with Crippen molar-refractivity contribution in [2.75, 3.05) is 36.7 Å². The molecule has 0 fully saturated rings. The van der Waals surface area contributed by atoms with Crippen LogP contribution >= 0.6 is 0 Å². The quantitative estimate of drug-likeness (QED) is 0.832. The number of aliphatic hydroxyl groups excluding tert-OH is 1. The van der Waals surface area contributed by atoms with Gasteiger partial charge in [-0.15, -0.1) is 0 Å². The van der Waals surface area contributed by atoms with E-state index in [4.69, 9.17) is 0 Å². The van der Waals surface area contributed by atoms with Crippen LogP contribution in [0.1, 0.15) is 20.3 Å². The first-order chi connectivity index (χ1) is 10.1. The minimum atomic E-state index is -0.168. The van der Waals surface area contributed by atoms with Gasteiger partial charge in [0.25, 0.3) is 0 Å². The Balaban J connectivity index is 1.98. The second-order valence-electron chi connectivity index (χ2n) is 5.77. The zero-order valence-electron chi connectivity index (χ0n) is 13.0. The summed E-state index contributed by atoms with van der Waals surface area (Å²) >= 11 is 0. The van der Waals surface area contributed by atoms with Crippen molar-refractivity contribution in [1.29, 1.82) is 0 Å². The van der Waals surface area contributed by atoms with E-state index in [1.54, 1.807) is 0 Å². The first-order valence-corrected chi connectivity index (χ1v) is 7.52. The summed E-state index contributed by atoms with van der Waals surface area (Å²) in [5, 5.41) is 12.3. The first kappa shape index (κ1) is 15.6. The fourth-order valence-corrected chi connectivity index (χ4v) is 2.68. The normalized spacial score (nSPS) is 16.6. The number of aliphatic hydroxyl groups is 1. The number of nitrogens with one attached hydrogen (secondary N) is 1. The van der Waals surface area contributed by atoms with Crippen LogP contribution in [0, 0.1) is 5.92 Å². The zero-order chi connectivity index (χ0) is 15.4. The van der Waals surface area contributed by atoms with Gasteiger partial charge in [-0.25, -0.2) is 0 Å². The minimum Gasteiger partial charge on any atom is -0.394 e. The van der Waals surface area contributed by atoms with Gasteiger partial charge in [-0.1, -0.05) is 32.4 Å². The van der Waals surface area contributed by atoms with Crippen molar-refractivity contribution < 1.29 is 9.90 Å². The molecule has 2 N–H and O–H groups in total. The Labute approximate surface area is 126 Å². The highest BCUT2D eigenvalue weighted by atomic mass is 16.3. The van der Waals surface area contributed by atoms with Gasteiger partial charge >= 0.3 is 0 Å². The highest BCUT2D eigenvalue weighted by Gasteiger charge is 2.25. The van der Waals surface area contributed by atoms with Gasteiger partial charge in [0.2, 0.25) is 5.91 Å². The van der Waals surface area contributed by atoms with Crippen LogP contribution in [-0.4, -0.2) is 43.9 Å². The third-order valence-electron chi connectivity index (χ3n) is 4.22. The molecule has 0 unspecified atom stereocenters. The summed E-state index contributed by atoms with van der Waals surface area (Å²) in [5.74, 6) is 0.229. The summed E-state index contributed by atoms with van der Waals surface area (Å²) in [6, 6.07) is 7.91. The molecule has 1 amide bonds. The standard InChI is InChI=1S/C16H25N3O2/c1-4-12(2)13(10-20)17-16(21)9-19-11-18(3)14-7-5-6-8-15(14)19/h5-8,12-13,20H,4,9-11H2,1-3H3,(H,17,21)/t12-,13+/m0/s1. The van der Waals surface area contributed by atoms with Crippen LogP contribution in [0.5, 0.6) is 0 Å². The second-order valence-corrected chi connectivity index (χ2v) is 5.77. The molecule has 2 atom stereocenters. The van der Waals surface area contributed by atoms with E-state index in [2.05, 4.69) is 28.1 Å². The lowest BCUT2D eigenvalue weighted by atomic mass is 10.00. The molecule has 2 rings (SSSR count). The molecule has 1 heterocycles. The second kappa shape index (κ2) is 6.80. The SMILES string of the molecule is CC[C@H](C)[C@@H](CO)NC(=O)CN1CN(C)c2ccccc21. The van der Waals surface area contributed by atoms with Gasteiger partial charge in [0.1, 0.15) is 0 Å². The van der Waals surface area contributed by atoms with Crippen molar-refractivity contribution in [3.05, 3.63) is 24.3 Å². The molecule has 5 heteroatoms. The lowest BCUT2D eigenvalue weighted by molar-refractivity contribution is -0.121. The summed E-state index contributed by atoms with van der Waals surface area (Å²) < 4.78 is 0. The molecular weight excluding hydrogens is 266 g/mol. The van der Waals surface area contributed by atoms with E-state index in [-0.39, 0.29) is 24.5 Å². The molecule has 1 aromatic rings. The van der Waals surface area contributed by atoms with Crippen LogP contribution in [0.4, 0.5) is 11.4 Å². The van der Waals surface area contributed by atoms with Crippen molar-refractivity contribution in [1.82, 2.24) is 5.32 Å². The van der Waals surface area contributed by atoms with Crippen molar-refractivity contribution in [2.24, 2.45) is 5.92 Å². The summed E-state index contributed by atoms with van der Waals surface area (Å²) in [6.07, 6.45) is 0.931. The number of hydrogen-bond donors (Lipinski definition) is 2. The maximum atomic E-state index is 12.2. The lowest BCUT2D eigenvalue weighted by Crippen LogP contribution is -2.46. The molecule has 1 aliphatic heterocycles. The Morgan fingerprint density at radius 1 is 1.38 bits per heavy atom. The van der Waals surface area contributed by atoms with Crippen molar-refractivity contribution in [3.8, 4) is 0 Å². The van der Waals surface area contributed by atoms with Gasteiger partial charge in [0.05, 0.1) is 37.2 Å². The molecule has 0 saturated carbocycles. The molecule has 0 aliphatic carbocycles. The summed E-state index contributed by atoms with van der Waals surface area (Å²) in [7, 11) is 2.02. The molecular formula is C16H25N3O2. The van der Waals surface area contributed by atoms with Gasteiger partial charge in [0.15, 0.2) is 0 Å². The molecule has 0 aromatic heterocycles. The molecule has 1 aromatic carbocycles. The molecule has 0 spiro atoms. The predicted octanol–water partition coefficient (Wildman–Crippen LogP) is 1.42. The molecule has 21 heavy (non-hydrogen) atoms. The van der Waals surface area contributed by atoms with Crippen LogP contribution in [-0.2, 0) is 4.79 Å². The van der Waals surface area contributed by atoms with E-state index in [9.17, 15) is 9.90 Å². The number of carbonyl (C=O) groups excluding carboxylic acids is 1. The van der Waals surface area contributed by atoms with E-state index in [0.717, 1.165) is 17.8 Å². The maximum absolute atomic E-state index is 12.2. The number of nitrogens with zero attached hydrogens (tertiary/aromatic N) is 2. The molecule has 0 bridgehead atoms. The topological polar surface area (TPSA) is 55.8 Å². The first-order valence-electron chi connectivity index (χ1n) is 7.52. The maximum Gasteiger partial charge on any atom is 0.239 e. The monoisotopic (exact) mass is 291 g/mol. The van der Waals surface area contributed by atoms with Gasteiger partial charge in [0, 0.05) is 7.05 Å². The molecule has 1 aliphatic rings. The Bertz CT molecular complexity index is 492. The van der Waals surface area contributed by atoms with Crippen molar-refractivity contribution >= 4 is 17.3 Å². The fraction of sp³-hybridized carbons (Fsp3) is 0.562. The third kappa shape index (κ3) is 3.47. The van der Waals surface area contributed by atoms with Crippen molar-refractivity contribution in [3.63, 3.8) is 0 Å². The zero-order valence-corrected chi connectivity index (χ0v) is 13.0. The number of benzene rings is 1. The molecule has 0 radical (unpaired) electrons. The third-order valence-corrected chi connectivity index (χ3v) is 4.22. The number of anilines is 2. The summed E-state index contributed by atoms with van der Waals surface area (Å²) in [4.78, 5) is 16.4. The van der Waals surface area contributed by atoms with Crippen molar-refractivity contribution in [2.45, 2.75) is 26.3 Å². The minimum absolute atomic E-state index is 0.0166. The summed E-state index contributed by atoms with van der Waals surface area (Å²) in [6.45, 7) is 5.11. The average Bonchev–Trinajstić information content (AvgIpc) is 2.81. The van der Waals surface area contributed by atoms with Crippen LogP contribution in [0.3, 0.4) is 0 Å². The number of fused-ring (bicyclic) bond motifs is 1. The Morgan fingerprint density at radius 2 is 2.05 bits per heavy atom. The smallest absolute Gasteiger partial charge is 0.239 e. The predicted molar refractivity (Wildman–Crippen MR) is 85.5 cm³/mol. The van der Waals surface area contributed by atoms with E-state index in [1.165, 1.54) is 0 Å². The largest absolute Gasteiger partial charge is 0.394 e.